The van der Waals surface area contributed by atoms with E-state index in [2.05, 4.69) is 4.99 Å². The Morgan fingerprint density at radius 3 is 2.81 bits per heavy atom. The van der Waals surface area contributed by atoms with Crippen LogP contribution in [0, 0.1) is 5.41 Å². The van der Waals surface area contributed by atoms with Crippen LogP contribution in [0.15, 0.2) is 64.9 Å². The number of fused-ring (bicyclic) bond motifs is 1. The molecule has 0 atom stereocenters. The standard InChI is InChI=1S/C22H16ClN3O5/c1-12-8-19-25-21(27)16(20(24)26(19)31-12)9-13-6-7-18(17(23)10-13)30-22(28)14-4-3-5-15(11-14)29-2/h3-11,24H,1-2H3/b16-9+,24-20?. The summed E-state index contributed by atoms with van der Waals surface area (Å²) in [5, 5.41) is 9.59. The number of benzene rings is 2. The molecule has 4 rings (SSSR count). The molecular formula is C22H16ClN3O5. The van der Waals surface area contributed by atoms with Crippen LogP contribution in [0.5, 0.6) is 11.5 Å². The number of hydrogen-bond donors (Lipinski definition) is 1. The van der Waals surface area contributed by atoms with Crippen molar-refractivity contribution in [2.45, 2.75) is 6.92 Å². The first kappa shape index (κ1) is 20.4. The lowest BCUT2D eigenvalue weighted by molar-refractivity contribution is -0.114. The van der Waals surface area contributed by atoms with Gasteiger partial charge < -0.3 is 14.3 Å². The van der Waals surface area contributed by atoms with E-state index in [1.54, 1.807) is 43.3 Å². The molecule has 2 heterocycles. The molecule has 1 amide bonds. The number of halogens is 1. The second kappa shape index (κ2) is 8.08. The van der Waals surface area contributed by atoms with E-state index in [0.717, 1.165) is 0 Å². The van der Waals surface area contributed by atoms with Gasteiger partial charge in [0.15, 0.2) is 11.7 Å². The molecule has 0 aromatic heterocycles. The van der Waals surface area contributed by atoms with Crippen molar-refractivity contribution in [2.75, 3.05) is 7.11 Å². The van der Waals surface area contributed by atoms with Crippen LogP contribution in [-0.2, 0) is 9.63 Å². The smallest absolute Gasteiger partial charge is 0.343 e. The SMILES string of the molecule is COc1cccc(C(=O)Oc2ccc(/C=C3\C(=N)N4OC(C)=CC4=NC3=O)cc2Cl)c1. The van der Waals surface area contributed by atoms with Gasteiger partial charge in [0.1, 0.15) is 17.3 Å². The lowest BCUT2D eigenvalue weighted by Crippen LogP contribution is -2.38. The van der Waals surface area contributed by atoms with Crippen LogP contribution in [0.3, 0.4) is 0 Å². The van der Waals surface area contributed by atoms with Gasteiger partial charge in [-0.05, 0) is 48.9 Å². The molecule has 0 aliphatic carbocycles. The summed E-state index contributed by atoms with van der Waals surface area (Å²) in [6, 6.07) is 11.2. The van der Waals surface area contributed by atoms with E-state index in [9.17, 15) is 9.59 Å². The van der Waals surface area contributed by atoms with Crippen molar-refractivity contribution in [1.82, 2.24) is 5.06 Å². The van der Waals surface area contributed by atoms with Crippen molar-refractivity contribution in [2.24, 2.45) is 4.99 Å². The Balaban J connectivity index is 1.55. The lowest BCUT2D eigenvalue weighted by Gasteiger charge is -2.23. The number of amides is 1. The van der Waals surface area contributed by atoms with E-state index in [0.29, 0.717) is 22.6 Å². The highest BCUT2D eigenvalue weighted by Gasteiger charge is 2.34. The quantitative estimate of drug-likeness (QED) is 0.440. The first-order valence-corrected chi connectivity index (χ1v) is 9.49. The van der Waals surface area contributed by atoms with E-state index < -0.39 is 11.9 Å². The number of ether oxygens (including phenoxy) is 2. The van der Waals surface area contributed by atoms with Crippen LogP contribution >= 0.6 is 11.6 Å². The zero-order valence-electron chi connectivity index (χ0n) is 16.5. The number of allylic oxidation sites excluding steroid dienone is 1. The molecule has 0 saturated carbocycles. The molecule has 31 heavy (non-hydrogen) atoms. The highest BCUT2D eigenvalue weighted by Crippen LogP contribution is 2.29. The molecular weight excluding hydrogens is 422 g/mol. The molecule has 0 saturated heterocycles. The van der Waals surface area contributed by atoms with Crippen LogP contribution in [0.2, 0.25) is 5.02 Å². The number of carbonyl (C=O) groups is 2. The molecule has 8 nitrogen and oxygen atoms in total. The third-order valence-corrected chi connectivity index (χ3v) is 4.75. The van der Waals surface area contributed by atoms with Gasteiger partial charge in [0.25, 0.3) is 5.91 Å². The molecule has 0 bridgehead atoms. The van der Waals surface area contributed by atoms with Gasteiger partial charge in [0, 0.05) is 6.08 Å². The minimum Gasteiger partial charge on any atom is -0.497 e. The van der Waals surface area contributed by atoms with Crippen molar-refractivity contribution >= 4 is 41.2 Å². The molecule has 0 unspecified atom stereocenters. The largest absolute Gasteiger partial charge is 0.497 e. The predicted molar refractivity (Wildman–Crippen MR) is 114 cm³/mol. The van der Waals surface area contributed by atoms with Crippen molar-refractivity contribution < 1.29 is 23.9 Å². The van der Waals surface area contributed by atoms with Crippen molar-refractivity contribution in [1.29, 1.82) is 5.41 Å². The van der Waals surface area contributed by atoms with E-state index in [1.807, 2.05) is 0 Å². The highest BCUT2D eigenvalue weighted by molar-refractivity contribution is 6.33. The topological polar surface area (TPSA) is 101 Å². The Kier molecular flexibility index (Phi) is 5.31. The van der Waals surface area contributed by atoms with Crippen molar-refractivity contribution in [3.63, 3.8) is 0 Å². The number of amidine groups is 2. The number of nitrogens with one attached hydrogen (secondary N) is 1. The minimum absolute atomic E-state index is 0.0454. The van der Waals surface area contributed by atoms with Gasteiger partial charge in [-0.3, -0.25) is 10.2 Å². The Morgan fingerprint density at radius 1 is 1.26 bits per heavy atom. The molecule has 0 spiro atoms. The number of methoxy groups -OCH3 is 1. The van der Waals surface area contributed by atoms with Gasteiger partial charge in [-0.1, -0.05) is 23.7 Å². The van der Waals surface area contributed by atoms with Gasteiger partial charge in [-0.2, -0.15) is 4.99 Å². The van der Waals surface area contributed by atoms with Gasteiger partial charge in [-0.25, -0.2) is 4.79 Å². The third kappa shape index (κ3) is 4.06. The van der Waals surface area contributed by atoms with Crippen molar-refractivity contribution in [3.8, 4) is 11.5 Å². The second-order valence-corrected chi connectivity index (χ2v) is 7.04. The van der Waals surface area contributed by atoms with Crippen molar-refractivity contribution in [3.05, 3.63) is 76.0 Å². The summed E-state index contributed by atoms with van der Waals surface area (Å²) >= 11 is 6.28. The van der Waals surface area contributed by atoms with Crippen LogP contribution in [0.1, 0.15) is 22.8 Å². The first-order valence-electron chi connectivity index (χ1n) is 9.11. The number of hydrogen-bond acceptors (Lipinski definition) is 6. The third-order valence-electron chi connectivity index (χ3n) is 4.46. The Morgan fingerprint density at radius 2 is 2.06 bits per heavy atom. The molecule has 2 aliphatic heterocycles. The van der Waals surface area contributed by atoms with E-state index in [-0.39, 0.29) is 28.0 Å². The second-order valence-electron chi connectivity index (χ2n) is 6.63. The first-order chi connectivity index (χ1) is 14.9. The molecule has 0 fully saturated rings. The molecule has 2 aromatic carbocycles. The summed E-state index contributed by atoms with van der Waals surface area (Å²) < 4.78 is 10.5. The van der Waals surface area contributed by atoms with Gasteiger partial charge in [-0.15, -0.1) is 5.06 Å². The molecule has 2 aliphatic rings. The zero-order valence-corrected chi connectivity index (χ0v) is 17.3. The number of aliphatic imine (C=N–C) groups is 1. The fourth-order valence-corrected chi connectivity index (χ4v) is 3.19. The number of carbonyl (C=O) groups excluding carboxylic acids is 2. The molecule has 1 N–H and O–H groups in total. The van der Waals surface area contributed by atoms with Crippen LogP contribution in [0.25, 0.3) is 6.08 Å². The van der Waals surface area contributed by atoms with E-state index >= 15 is 0 Å². The summed E-state index contributed by atoms with van der Waals surface area (Å²) in [4.78, 5) is 34.1. The Bertz CT molecular complexity index is 1220. The predicted octanol–water partition coefficient (Wildman–Crippen LogP) is 4.02. The number of esters is 1. The zero-order chi connectivity index (χ0) is 22.1. The number of hydroxylamine groups is 2. The Labute approximate surface area is 182 Å². The maximum Gasteiger partial charge on any atom is 0.343 e. The van der Waals surface area contributed by atoms with E-state index in [1.165, 1.54) is 30.4 Å². The van der Waals surface area contributed by atoms with Crippen LogP contribution in [0.4, 0.5) is 0 Å². The van der Waals surface area contributed by atoms with Gasteiger partial charge >= 0.3 is 5.97 Å². The van der Waals surface area contributed by atoms with Gasteiger partial charge in [0.2, 0.25) is 0 Å². The summed E-state index contributed by atoms with van der Waals surface area (Å²) in [6.07, 6.45) is 3.05. The fraction of sp³-hybridized carbons (Fsp3) is 0.0909. The maximum absolute atomic E-state index is 12.4. The minimum atomic E-state index is -0.591. The molecule has 2 aromatic rings. The lowest BCUT2D eigenvalue weighted by atomic mass is 10.1. The average Bonchev–Trinajstić information content (AvgIpc) is 3.13. The summed E-state index contributed by atoms with van der Waals surface area (Å²) in [6.45, 7) is 1.70. The summed E-state index contributed by atoms with van der Waals surface area (Å²) in [5.74, 6) is 0.200. The fourth-order valence-electron chi connectivity index (χ4n) is 2.97. The monoisotopic (exact) mass is 437 g/mol. The average molecular weight is 438 g/mol. The molecule has 156 valence electrons. The van der Waals surface area contributed by atoms with Gasteiger partial charge in [0.05, 0.1) is 23.3 Å². The summed E-state index contributed by atoms with van der Waals surface area (Å²) in [5.41, 5.74) is 0.886. The van der Waals surface area contributed by atoms with Crippen LogP contribution < -0.4 is 9.47 Å². The van der Waals surface area contributed by atoms with Crippen LogP contribution in [-0.4, -0.2) is 35.7 Å². The maximum atomic E-state index is 12.4. The normalized spacial score (nSPS) is 16.5. The molecule has 9 heteroatoms. The molecule has 0 radical (unpaired) electrons. The highest BCUT2D eigenvalue weighted by atomic mass is 35.5. The Hall–Kier alpha value is -3.91. The number of nitrogens with zero attached hydrogens (tertiary/aromatic N) is 2. The number of rotatable bonds is 4. The summed E-state index contributed by atoms with van der Waals surface area (Å²) in [7, 11) is 1.50. The van der Waals surface area contributed by atoms with E-state index in [4.69, 9.17) is 31.3 Å².